The number of phenols is 3. The molecule has 1 aliphatic rings. The van der Waals surface area contributed by atoms with E-state index in [9.17, 15) is 29.7 Å². The summed E-state index contributed by atoms with van der Waals surface area (Å²) in [7, 11) is 0. The van der Waals surface area contributed by atoms with Crippen molar-refractivity contribution in [2.45, 2.75) is 31.8 Å². The summed E-state index contributed by atoms with van der Waals surface area (Å²) in [5, 5.41) is 31.9. The lowest BCUT2D eigenvalue weighted by molar-refractivity contribution is -0.134. The van der Waals surface area contributed by atoms with Crippen LogP contribution in [0.15, 0.2) is 66.7 Å². The number of rotatable bonds is 9. The summed E-state index contributed by atoms with van der Waals surface area (Å²) in [6.45, 7) is 0.375. The molecule has 0 bridgehead atoms. The van der Waals surface area contributed by atoms with Crippen LogP contribution in [0.5, 0.6) is 28.7 Å². The molecule has 38 heavy (non-hydrogen) atoms. The number of nitrogens with one attached hydrogen (secondary N) is 1. The van der Waals surface area contributed by atoms with E-state index < -0.39 is 12.1 Å². The van der Waals surface area contributed by atoms with Crippen LogP contribution in [-0.2, 0) is 9.59 Å². The fourth-order valence-corrected chi connectivity index (χ4v) is 3.95. The summed E-state index contributed by atoms with van der Waals surface area (Å²) in [5.41, 5.74) is 1.50. The Morgan fingerprint density at radius 1 is 0.974 bits per heavy atom. The first-order chi connectivity index (χ1) is 18.3. The average Bonchev–Trinajstić information content (AvgIpc) is 2.88. The number of fused-ring (bicyclic) bond motifs is 1. The van der Waals surface area contributed by atoms with Gasteiger partial charge in [-0.25, -0.2) is 0 Å². The minimum atomic E-state index is -0.605. The van der Waals surface area contributed by atoms with Crippen molar-refractivity contribution in [2.75, 3.05) is 6.54 Å². The van der Waals surface area contributed by atoms with Crippen molar-refractivity contribution in [1.82, 2.24) is 5.32 Å². The number of unbranched alkanes of at least 4 members (excludes halogenated alkanes) is 1. The number of hydrogen-bond acceptors (Lipinski definition) is 8. The lowest BCUT2D eigenvalue weighted by Crippen LogP contribution is -2.22. The van der Waals surface area contributed by atoms with Crippen LogP contribution in [0, 0.1) is 0 Å². The first-order valence-corrected chi connectivity index (χ1v) is 12.1. The number of amides is 1. The molecule has 1 amide bonds. The highest BCUT2D eigenvalue weighted by molar-refractivity contribution is 6.02. The maximum atomic E-state index is 12.6. The molecule has 1 aliphatic heterocycles. The van der Waals surface area contributed by atoms with E-state index in [1.165, 1.54) is 42.5 Å². The van der Waals surface area contributed by atoms with Crippen molar-refractivity contribution in [2.24, 2.45) is 0 Å². The van der Waals surface area contributed by atoms with Gasteiger partial charge in [0.25, 0.3) is 0 Å². The Bertz CT molecular complexity index is 1350. The number of carbonyl (C=O) groups is 3. The summed E-state index contributed by atoms with van der Waals surface area (Å²) in [4.78, 5) is 36.8. The van der Waals surface area contributed by atoms with Gasteiger partial charge in [0.15, 0.2) is 5.78 Å². The molecular weight excluding hydrogens is 490 g/mol. The third kappa shape index (κ3) is 6.91. The molecule has 0 saturated heterocycles. The minimum Gasteiger partial charge on any atom is -0.508 e. The van der Waals surface area contributed by atoms with E-state index >= 15 is 0 Å². The molecule has 0 radical (unpaired) electrons. The summed E-state index contributed by atoms with van der Waals surface area (Å²) in [6.07, 6.45) is 3.55. The van der Waals surface area contributed by atoms with Gasteiger partial charge in [0.2, 0.25) is 5.91 Å². The molecule has 4 N–H and O–H groups in total. The number of benzene rings is 3. The van der Waals surface area contributed by atoms with Crippen LogP contribution in [0.25, 0.3) is 6.08 Å². The van der Waals surface area contributed by atoms with Gasteiger partial charge in [0.05, 0.1) is 6.42 Å². The van der Waals surface area contributed by atoms with Gasteiger partial charge in [-0.2, -0.15) is 0 Å². The van der Waals surface area contributed by atoms with E-state index in [1.54, 1.807) is 30.3 Å². The number of Topliss-reactive ketones (excluding diaryl/α,β-unsaturated/α-hetero) is 1. The predicted octanol–water partition coefficient (Wildman–Crippen LogP) is 4.42. The molecule has 196 valence electrons. The van der Waals surface area contributed by atoms with Crippen LogP contribution in [-0.4, -0.2) is 39.5 Å². The normalized spacial score (nSPS) is 14.5. The number of ether oxygens (including phenoxy) is 2. The lowest BCUT2D eigenvalue weighted by Gasteiger charge is -2.26. The van der Waals surface area contributed by atoms with E-state index in [2.05, 4.69) is 5.32 Å². The highest BCUT2D eigenvalue weighted by Gasteiger charge is 2.31. The van der Waals surface area contributed by atoms with E-state index in [4.69, 9.17) is 9.47 Å². The second-order valence-electron chi connectivity index (χ2n) is 8.79. The van der Waals surface area contributed by atoms with Gasteiger partial charge in [0.1, 0.15) is 40.4 Å². The van der Waals surface area contributed by atoms with Gasteiger partial charge in [-0.05, 0) is 54.3 Å². The Balaban J connectivity index is 1.24. The van der Waals surface area contributed by atoms with Gasteiger partial charge in [-0.15, -0.1) is 0 Å². The second kappa shape index (κ2) is 12.0. The fourth-order valence-electron chi connectivity index (χ4n) is 3.95. The maximum absolute atomic E-state index is 12.6. The predicted molar refractivity (Wildman–Crippen MR) is 138 cm³/mol. The average molecular weight is 518 g/mol. The van der Waals surface area contributed by atoms with Gasteiger partial charge in [-0.3, -0.25) is 14.4 Å². The molecule has 0 aliphatic carbocycles. The molecule has 9 nitrogen and oxygen atoms in total. The fraction of sp³-hybridized carbons (Fsp3) is 0.207. The van der Waals surface area contributed by atoms with Crippen molar-refractivity contribution in [3.63, 3.8) is 0 Å². The van der Waals surface area contributed by atoms with Crippen molar-refractivity contribution >= 4 is 23.7 Å². The minimum absolute atomic E-state index is 0.0214. The Hall–Kier alpha value is -4.79. The second-order valence-corrected chi connectivity index (χ2v) is 8.79. The van der Waals surface area contributed by atoms with Crippen molar-refractivity contribution < 1.29 is 39.2 Å². The summed E-state index contributed by atoms with van der Waals surface area (Å²) >= 11 is 0. The molecule has 3 aromatic carbocycles. The zero-order valence-corrected chi connectivity index (χ0v) is 20.4. The van der Waals surface area contributed by atoms with Crippen LogP contribution in [0.3, 0.4) is 0 Å². The Kier molecular flexibility index (Phi) is 8.27. The maximum Gasteiger partial charge on any atom is 0.311 e. The highest BCUT2D eigenvalue weighted by atomic mass is 16.5. The van der Waals surface area contributed by atoms with Crippen LogP contribution < -0.4 is 14.8 Å². The van der Waals surface area contributed by atoms with Crippen molar-refractivity contribution in [3.8, 4) is 28.7 Å². The zero-order valence-electron chi connectivity index (χ0n) is 20.4. The van der Waals surface area contributed by atoms with E-state index in [1.807, 2.05) is 0 Å². The smallest absolute Gasteiger partial charge is 0.311 e. The number of aromatic hydroxyl groups is 3. The standard InChI is InChI=1S/C29H27NO8/c31-20-9-4-18(5-10-20)6-13-27(35)30-14-2-1-3-28(36)37-22-15-23(33)29-24(34)17-25(38-26(29)16-22)19-7-11-21(32)12-8-19/h4-13,15-16,25,31-33H,1-3,14,17H2,(H,30,35)/b13-6+. The summed E-state index contributed by atoms with van der Waals surface area (Å²) in [6, 6.07) is 15.3. The van der Waals surface area contributed by atoms with Gasteiger partial charge < -0.3 is 30.1 Å². The van der Waals surface area contributed by atoms with E-state index in [-0.39, 0.29) is 58.8 Å². The van der Waals surface area contributed by atoms with Crippen molar-refractivity contribution in [1.29, 1.82) is 0 Å². The summed E-state index contributed by atoms with van der Waals surface area (Å²) < 4.78 is 11.2. The zero-order chi connectivity index (χ0) is 27.1. The number of carbonyl (C=O) groups excluding carboxylic acids is 3. The SMILES string of the molecule is O=C(/C=C/c1ccc(O)cc1)NCCCCC(=O)Oc1cc(O)c2c(c1)OC(c1ccc(O)cc1)CC2=O. The number of hydrogen-bond donors (Lipinski definition) is 4. The molecule has 1 heterocycles. The molecule has 0 fully saturated rings. The monoisotopic (exact) mass is 517 g/mol. The molecule has 3 aromatic rings. The molecule has 4 rings (SSSR count). The quantitative estimate of drug-likeness (QED) is 0.141. The van der Waals surface area contributed by atoms with Crippen LogP contribution in [0.2, 0.25) is 0 Å². The van der Waals surface area contributed by atoms with Crippen LogP contribution >= 0.6 is 0 Å². The highest BCUT2D eigenvalue weighted by Crippen LogP contribution is 2.42. The van der Waals surface area contributed by atoms with Gasteiger partial charge >= 0.3 is 5.97 Å². The molecular formula is C29H27NO8. The van der Waals surface area contributed by atoms with Crippen LogP contribution in [0.1, 0.15) is 53.3 Å². The Morgan fingerprint density at radius 2 is 1.66 bits per heavy atom. The molecule has 9 heteroatoms. The number of phenolic OH excluding ortho intramolecular Hbond substituents is 3. The van der Waals surface area contributed by atoms with Gasteiger partial charge in [-0.1, -0.05) is 24.3 Å². The summed E-state index contributed by atoms with van der Waals surface area (Å²) in [5.74, 6) is -1.03. The third-order valence-corrected chi connectivity index (χ3v) is 5.90. The number of ketones is 1. The largest absolute Gasteiger partial charge is 0.508 e. The lowest BCUT2D eigenvalue weighted by atomic mass is 9.95. The molecule has 1 unspecified atom stereocenters. The van der Waals surface area contributed by atoms with Crippen molar-refractivity contribution in [3.05, 3.63) is 83.4 Å². The molecule has 1 atom stereocenters. The third-order valence-electron chi connectivity index (χ3n) is 5.90. The molecule has 0 saturated carbocycles. The van der Waals surface area contributed by atoms with Gasteiger partial charge in [0, 0.05) is 31.2 Å². The first kappa shape index (κ1) is 26.3. The Morgan fingerprint density at radius 3 is 2.37 bits per heavy atom. The Labute approximate surface area is 219 Å². The topological polar surface area (TPSA) is 142 Å². The van der Waals surface area contributed by atoms with E-state index in [0.717, 1.165) is 5.56 Å². The number of esters is 1. The molecule has 0 aromatic heterocycles. The molecule has 0 spiro atoms. The van der Waals surface area contributed by atoms with Crippen LogP contribution in [0.4, 0.5) is 0 Å². The first-order valence-electron chi connectivity index (χ1n) is 12.1. The van der Waals surface area contributed by atoms with E-state index in [0.29, 0.717) is 24.9 Å².